The van der Waals surface area contributed by atoms with Crippen molar-refractivity contribution >= 4 is 11.6 Å². The summed E-state index contributed by atoms with van der Waals surface area (Å²) in [5.41, 5.74) is 1.57. The summed E-state index contributed by atoms with van der Waals surface area (Å²) in [6.45, 7) is 3.44. The van der Waals surface area contributed by atoms with Crippen LogP contribution in [0.5, 0.6) is 0 Å². The maximum atomic E-state index is 8.73. The number of nitriles is 1. The normalized spacial score (nSPS) is 12.1. The van der Waals surface area contributed by atoms with Crippen molar-refractivity contribution in [2.24, 2.45) is 0 Å². The molecule has 0 fully saturated rings. The molecule has 0 radical (unpaired) electrons. The number of nitrogens with one attached hydrogen (secondary N) is 1. The summed E-state index contributed by atoms with van der Waals surface area (Å²) in [4.78, 5) is 0. The van der Waals surface area contributed by atoms with Gasteiger partial charge in [0, 0.05) is 19.7 Å². The van der Waals surface area contributed by atoms with Gasteiger partial charge in [0.2, 0.25) is 0 Å². The second-order valence-electron chi connectivity index (χ2n) is 3.66. The summed E-state index contributed by atoms with van der Waals surface area (Å²) in [5, 5.41) is 12.5. The van der Waals surface area contributed by atoms with Crippen LogP contribution in [0.25, 0.3) is 0 Å². The van der Waals surface area contributed by atoms with E-state index in [4.69, 9.17) is 21.6 Å². The van der Waals surface area contributed by atoms with Gasteiger partial charge in [0.1, 0.15) is 6.07 Å². The second-order valence-corrected chi connectivity index (χ2v) is 4.07. The van der Waals surface area contributed by atoms with Crippen molar-refractivity contribution < 1.29 is 4.74 Å². The van der Waals surface area contributed by atoms with E-state index in [0.29, 0.717) is 23.2 Å². The molecule has 0 spiro atoms. The molecule has 1 aromatic rings. The Labute approximate surface area is 101 Å². The molecule has 0 saturated carbocycles. The fourth-order valence-electron chi connectivity index (χ4n) is 1.36. The number of ether oxygens (including phenoxy) is 1. The summed E-state index contributed by atoms with van der Waals surface area (Å²) in [7, 11) is 1.68. The topological polar surface area (TPSA) is 45.0 Å². The molecule has 1 unspecified atom stereocenters. The van der Waals surface area contributed by atoms with Crippen molar-refractivity contribution in [2.45, 2.75) is 19.5 Å². The van der Waals surface area contributed by atoms with E-state index in [1.165, 1.54) is 0 Å². The van der Waals surface area contributed by atoms with Crippen molar-refractivity contribution in [3.05, 3.63) is 34.3 Å². The van der Waals surface area contributed by atoms with Gasteiger partial charge in [-0.3, -0.25) is 0 Å². The van der Waals surface area contributed by atoms with Crippen LogP contribution in [-0.4, -0.2) is 19.8 Å². The highest BCUT2D eigenvalue weighted by Gasteiger charge is 2.03. The Morgan fingerprint density at radius 3 is 2.88 bits per heavy atom. The first kappa shape index (κ1) is 13.0. The minimum absolute atomic E-state index is 0.291. The summed E-state index contributed by atoms with van der Waals surface area (Å²) in [5.74, 6) is 0. The van der Waals surface area contributed by atoms with Gasteiger partial charge in [0.25, 0.3) is 0 Å². The first-order valence-electron chi connectivity index (χ1n) is 5.08. The van der Waals surface area contributed by atoms with E-state index < -0.39 is 0 Å². The summed E-state index contributed by atoms with van der Waals surface area (Å²) in [6.07, 6.45) is 0. The van der Waals surface area contributed by atoms with Crippen molar-refractivity contribution in [1.29, 1.82) is 5.26 Å². The van der Waals surface area contributed by atoms with Crippen LogP contribution in [0.3, 0.4) is 0 Å². The van der Waals surface area contributed by atoms with Gasteiger partial charge in [-0.05, 0) is 24.6 Å². The SMILES string of the molecule is COCC(C)NCc1ccc(C#N)c(Cl)c1. The van der Waals surface area contributed by atoms with Crippen LogP contribution in [-0.2, 0) is 11.3 Å². The average Bonchev–Trinajstić information content (AvgIpc) is 2.27. The molecular weight excluding hydrogens is 224 g/mol. The highest BCUT2D eigenvalue weighted by Crippen LogP contribution is 2.16. The molecule has 4 heteroatoms. The average molecular weight is 239 g/mol. The predicted octanol–water partition coefficient (Wildman–Crippen LogP) is 2.34. The molecule has 0 aliphatic rings. The third-order valence-corrected chi connectivity index (χ3v) is 2.54. The van der Waals surface area contributed by atoms with E-state index in [0.717, 1.165) is 12.1 Å². The molecule has 0 amide bonds. The lowest BCUT2D eigenvalue weighted by Crippen LogP contribution is -2.29. The number of nitrogens with zero attached hydrogens (tertiary/aromatic N) is 1. The van der Waals surface area contributed by atoms with Crippen LogP contribution >= 0.6 is 11.6 Å². The molecule has 0 saturated heterocycles. The molecule has 0 aromatic heterocycles. The van der Waals surface area contributed by atoms with Gasteiger partial charge < -0.3 is 10.1 Å². The number of rotatable bonds is 5. The van der Waals surface area contributed by atoms with Crippen LogP contribution in [0.2, 0.25) is 5.02 Å². The highest BCUT2D eigenvalue weighted by atomic mass is 35.5. The summed E-state index contributed by atoms with van der Waals surface area (Å²) in [6, 6.07) is 7.77. The highest BCUT2D eigenvalue weighted by molar-refractivity contribution is 6.31. The summed E-state index contributed by atoms with van der Waals surface area (Å²) >= 11 is 5.93. The number of hydrogen-bond donors (Lipinski definition) is 1. The molecule has 3 nitrogen and oxygen atoms in total. The van der Waals surface area contributed by atoms with Crippen molar-refractivity contribution in [3.63, 3.8) is 0 Å². The van der Waals surface area contributed by atoms with Crippen molar-refractivity contribution in [3.8, 4) is 6.07 Å². The fourth-order valence-corrected chi connectivity index (χ4v) is 1.61. The number of methoxy groups -OCH3 is 1. The molecule has 1 rings (SSSR count). The van der Waals surface area contributed by atoms with Crippen LogP contribution < -0.4 is 5.32 Å². The number of halogens is 1. The van der Waals surface area contributed by atoms with Gasteiger partial charge in [-0.2, -0.15) is 5.26 Å². The molecule has 0 aliphatic carbocycles. The van der Waals surface area contributed by atoms with E-state index in [9.17, 15) is 0 Å². The molecule has 0 heterocycles. The Morgan fingerprint density at radius 2 is 2.31 bits per heavy atom. The lowest BCUT2D eigenvalue weighted by Gasteiger charge is -2.12. The Bertz CT molecular complexity index is 387. The van der Waals surface area contributed by atoms with Crippen molar-refractivity contribution in [2.75, 3.05) is 13.7 Å². The molecule has 1 N–H and O–H groups in total. The lowest BCUT2D eigenvalue weighted by atomic mass is 10.1. The predicted molar refractivity (Wildman–Crippen MR) is 64.3 cm³/mol. The Kier molecular flexibility index (Phi) is 5.27. The maximum absolute atomic E-state index is 8.73. The van der Waals surface area contributed by atoms with Gasteiger partial charge >= 0.3 is 0 Å². The molecule has 16 heavy (non-hydrogen) atoms. The van der Waals surface area contributed by atoms with Gasteiger partial charge in [0.05, 0.1) is 17.2 Å². The van der Waals surface area contributed by atoms with Gasteiger partial charge in [-0.1, -0.05) is 17.7 Å². The first-order chi connectivity index (χ1) is 7.67. The smallest absolute Gasteiger partial charge is 0.101 e. The van der Waals surface area contributed by atoms with E-state index in [1.807, 2.05) is 18.2 Å². The largest absolute Gasteiger partial charge is 0.383 e. The zero-order valence-corrected chi connectivity index (χ0v) is 10.2. The second kappa shape index (κ2) is 6.49. The Balaban J connectivity index is 2.56. The molecule has 1 aromatic carbocycles. The minimum atomic E-state index is 0.291. The van der Waals surface area contributed by atoms with E-state index in [2.05, 4.69) is 12.2 Å². The molecular formula is C12H15ClN2O. The van der Waals surface area contributed by atoms with Crippen LogP contribution in [0, 0.1) is 11.3 Å². The Hall–Kier alpha value is -1.08. The third-order valence-electron chi connectivity index (χ3n) is 2.23. The van der Waals surface area contributed by atoms with Crippen LogP contribution in [0.15, 0.2) is 18.2 Å². The van der Waals surface area contributed by atoms with E-state index >= 15 is 0 Å². The molecule has 86 valence electrons. The minimum Gasteiger partial charge on any atom is -0.383 e. The summed E-state index contributed by atoms with van der Waals surface area (Å²) < 4.78 is 5.02. The zero-order chi connectivity index (χ0) is 12.0. The molecule has 0 aliphatic heterocycles. The van der Waals surface area contributed by atoms with Crippen LogP contribution in [0.1, 0.15) is 18.1 Å². The molecule has 0 bridgehead atoms. The van der Waals surface area contributed by atoms with Gasteiger partial charge in [-0.25, -0.2) is 0 Å². The quantitative estimate of drug-likeness (QED) is 0.857. The van der Waals surface area contributed by atoms with Gasteiger partial charge in [0.15, 0.2) is 0 Å². The maximum Gasteiger partial charge on any atom is 0.101 e. The Morgan fingerprint density at radius 1 is 1.56 bits per heavy atom. The number of benzene rings is 1. The number of hydrogen-bond acceptors (Lipinski definition) is 3. The van der Waals surface area contributed by atoms with Gasteiger partial charge in [-0.15, -0.1) is 0 Å². The third kappa shape index (κ3) is 3.82. The first-order valence-corrected chi connectivity index (χ1v) is 5.46. The molecule has 1 atom stereocenters. The zero-order valence-electron chi connectivity index (χ0n) is 9.46. The standard InChI is InChI=1S/C12H15ClN2O/c1-9(8-16-2)15-7-10-3-4-11(6-14)12(13)5-10/h3-5,9,15H,7-8H2,1-2H3. The van der Waals surface area contributed by atoms with Crippen LogP contribution in [0.4, 0.5) is 0 Å². The monoisotopic (exact) mass is 238 g/mol. The van der Waals surface area contributed by atoms with E-state index in [-0.39, 0.29) is 0 Å². The fraction of sp³-hybridized carbons (Fsp3) is 0.417. The van der Waals surface area contributed by atoms with Crippen molar-refractivity contribution in [1.82, 2.24) is 5.32 Å². The lowest BCUT2D eigenvalue weighted by molar-refractivity contribution is 0.171. The van der Waals surface area contributed by atoms with E-state index in [1.54, 1.807) is 13.2 Å².